The van der Waals surface area contributed by atoms with Crippen molar-refractivity contribution in [2.45, 2.75) is 13.0 Å². The first-order valence-corrected chi connectivity index (χ1v) is 9.09. The molecule has 7 heteroatoms. The molecule has 0 unspecified atom stereocenters. The molecule has 3 rings (SSSR count). The lowest BCUT2D eigenvalue weighted by Gasteiger charge is -2.08. The molecule has 5 nitrogen and oxygen atoms in total. The number of aromatic nitrogens is 1. The first kappa shape index (κ1) is 18.2. The average Bonchev–Trinajstić information content (AvgIpc) is 3.03. The Balaban J connectivity index is 1.86. The first-order chi connectivity index (χ1) is 12.6. The first-order valence-electron chi connectivity index (χ1n) is 7.90. The van der Waals surface area contributed by atoms with Crippen molar-refractivity contribution >= 4 is 34.0 Å². The molecule has 0 atom stereocenters. The summed E-state index contributed by atoms with van der Waals surface area (Å²) in [6.45, 7) is 0.532. The minimum Gasteiger partial charge on any atom is -0.496 e. The molecule has 0 radical (unpaired) electrons. The van der Waals surface area contributed by atoms with E-state index in [4.69, 9.17) is 16.3 Å². The predicted octanol–water partition coefficient (Wildman–Crippen LogP) is 4.71. The van der Waals surface area contributed by atoms with Crippen molar-refractivity contribution < 1.29 is 14.6 Å². The summed E-state index contributed by atoms with van der Waals surface area (Å²) >= 11 is 7.28. The molecule has 0 aliphatic carbocycles. The Hall–Kier alpha value is -2.57. The van der Waals surface area contributed by atoms with Crippen LogP contribution in [0.3, 0.4) is 0 Å². The Bertz CT molecular complexity index is 909. The van der Waals surface area contributed by atoms with Crippen molar-refractivity contribution in [2.24, 2.45) is 0 Å². The van der Waals surface area contributed by atoms with Crippen molar-refractivity contribution in [1.29, 1.82) is 0 Å². The number of halogens is 1. The van der Waals surface area contributed by atoms with Crippen LogP contribution in [0.4, 0.5) is 5.13 Å². The van der Waals surface area contributed by atoms with Crippen LogP contribution in [0.2, 0.25) is 5.02 Å². The van der Waals surface area contributed by atoms with Crippen molar-refractivity contribution in [2.75, 3.05) is 12.4 Å². The molecule has 26 heavy (non-hydrogen) atoms. The van der Waals surface area contributed by atoms with Gasteiger partial charge in [-0.3, -0.25) is 4.79 Å². The fraction of sp³-hybridized carbons (Fsp3) is 0.158. The molecule has 3 aromatic rings. The summed E-state index contributed by atoms with van der Waals surface area (Å²) in [6.07, 6.45) is -0.0774. The van der Waals surface area contributed by atoms with Crippen molar-refractivity contribution in [1.82, 2.24) is 4.98 Å². The van der Waals surface area contributed by atoms with Crippen molar-refractivity contribution in [3.05, 3.63) is 64.0 Å². The van der Waals surface area contributed by atoms with E-state index < -0.39 is 5.97 Å². The van der Waals surface area contributed by atoms with Crippen LogP contribution in [0, 0.1) is 0 Å². The van der Waals surface area contributed by atoms with Gasteiger partial charge in [0.05, 0.1) is 19.2 Å². The summed E-state index contributed by atoms with van der Waals surface area (Å²) < 4.78 is 5.35. The quantitative estimate of drug-likeness (QED) is 0.613. The van der Waals surface area contributed by atoms with Gasteiger partial charge in [0.2, 0.25) is 0 Å². The molecule has 0 aliphatic heterocycles. The van der Waals surface area contributed by atoms with E-state index in [0.717, 1.165) is 16.9 Å². The highest BCUT2D eigenvalue weighted by Gasteiger charge is 2.16. The van der Waals surface area contributed by atoms with Crippen LogP contribution in [0.25, 0.3) is 11.3 Å². The number of para-hydroxylation sites is 1. The summed E-state index contributed by atoms with van der Waals surface area (Å²) in [7, 11) is 1.63. The number of hydrogen-bond acceptors (Lipinski definition) is 5. The highest BCUT2D eigenvalue weighted by molar-refractivity contribution is 7.16. The number of carbonyl (C=O) groups is 1. The average molecular weight is 389 g/mol. The van der Waals surface area contributed by atoms with Gasteiger partial charge in [0.15, 0.2) is 5.13 Å². The Morgan fingerprint density at radius 2 is 1.96 bits per heavy atom. The molecule has 134 valence electrons. The topological polar surface area (TPSA) is 71.5 Å². The fourth-order valence-electron chi connectivity index (χ4n) is 2.54. The Morgan fingerprint density at radius 1 is 1.23 bits per heavy atom. The lowest BCUT2D eigenvalue weighted by Crippen LogP contribution is -2.01. The van der Waals surface area contributed by atoms with Gasteiger partial charge in [-0.05, 0) is 18.2 Å². The van der Waals surface area contributed by atoms with Gasteiger partial charge in [0.25, 0.3) is 0 Å². The van der Waals surface area contributed by atoms with Crippen LogP contribution in [0.5, 0.6) is 5.75 Å². The number of carboxylic acids is 1. The summed E-state index contributed by atoms with van der Waals surface area (Å²) in [5, 5.41) is 13.7. The zero-order valence-corrected chi connectivity index (χ0v) is 15.6. The van der Waals surface area contributed by atoms with Crippen LogP contribution in [-0.4, -0.2) is 23.2 Å². The van der Waals surface area contributed by atoms with E-state index >= 15 is 0 Å². The second-order valence-corrected chi connectivity index (χ2v) is 7.05. The van der Waals surface area contributed by atoms with Crippen molar-refractivity contribution in [3.8, 4) is 17.0 Å². The zero-order chi connectivity index (χ0) is 18.5. The molecule has 2 N–H and O–H groups in total. The number of ether oxygens (including phenoxy) is 1. The molecular formula is C19H17ClN2O3S. The van der Waals surface area contributed by atoms with Gasteiger partial charge in [0, 0.05) is 27.6 Å². The molecule has 2 aromatic carbocycles. The normalized spacial score (nSPS) is 10.5. The smallest absolute Gasteiger partial charge is 0.308 e. The maximum absolute atomic E-state index is 11.2. The highest BCUT2D eigenvalue weighted by atomic mass is 35.5. The van der Waals surface area contributed by atoms with E-state index in [9.17, 15) is 9.90 Å². The van der Waals surface area contributed by atoms with E-state index in [-0.39, 0.29) is 6.42 Å². The molecule has 0 saturated heterocycles. The number of rotatable bonds is 7. The van der Waals surface area contributed by atoms with Gasteiger partial charge in [0.1, 0.15) is 5.75 Å². The van der Waals surface area contributed by atoms with Crippen LogP contribution in [0.15, 0.2) is 48.5 Å². The largest absolute Gasteiger partial charge is 0.496 e. The molecule has 1 heterocycles. The predicted molar refractivity (Wildman–Crippen MR) is 104 cm³/mol. The molecule has 0 amide bonds. The summed E-state index contributed by atoms with van der Waals surface area (Å²) in [6, 6.07) is 14.9. The fourth-order valence-corrected chi connectivity index (χ4v) is 3.63. The number of anilines is 1. The lowest BCUT2D eigenvalue weighted by molar-refractivity contribution is -0.136. The third kappa shape index (κ3) is 4.33. The summed E-state index contributed by atoms with van der Waals surface area (Å²) in [5.74, 6) is -0.0969. The van der Waals surface area contributed by atoms with E-state index in [1.165, 1.54) is 11.3 Å². The third-order valence-corrected chi connectivity index (χ3v) is 5.01. The third-order valence-electron chi connectivity index (χ3n) is 3.75. The molecule has 0 spiro atoms. The van der Waals surface area contributed by atoms with Crippen LogP contribution < -0.4 is 10.1 Å². The maximum atomic E-state index is 11.2. The monoisotopic (exact) mass is 388 g/mol. The van der Waals surface area contributed by atoms with Gasteiger partial charge in [-0.1, -0.05) is 41.9 Å². The number of benzene rings is 2. The van der Waals surface area contributed by atoms with Crippen LogP contribution in [-0.2, 0) is 17.8 Å². The number of aliphatic carboxylic acids is 1. The number of thiazole rings is 1. The van der Waals surface area contributed by atoms with Gasteiger partial charge >= 0.3 is 5.97 Å². The van der Waals surface area contributed by atoms with E-state index in [2.05, 4.69) is 10.3 Å². The highest BCUT2D eigenvalue weighted by Crippen LogP contribution is 2.33. The van der Waals surface area contributed by atoms with Crippen LogP contribution in [0.1, 0.15) is 10.4 Å². The summed E-state index contributed by atoms with van der Waals surface area (Å²) in [4.78, 5) is 16.5. The van der Waals surface area contributed by atoms with Gasteiger partial charge in [-0.15, -0.1) is 11.3 Å². The van der Waals surface area contributed by atoms with Gasteiger partial charge in [-0.2, -0.15) is 0 Å². The van der Waals surface area contributed by atoms with E-state index in [1.54, 1.807) is 19.2 Å². The van der Waals surface area contributed by atoms with E-state index in [0.29, 0.717) is 27.3 Å². The second-order valence-electron chi connectivity index (χ2n) is 5.53. The Morgan fingerprint density at radius 3 is 2.65 bits per heavy atom. The summed E-state index contributed by atoms with van der Waals surface area (Å²) in [5.41, 5.74) is 2.50. The number of nitrogens with zero attached hydrogens (tertiary/aromatic N) is 1. The second kappa shape index (κ2) is 8.21. The minimum atomic E-state index is -0.889. The molecule has 0 bridgehead atoms. The zero-order valence-electron chi connectivity index (χ0n) is 14.0. The molecule has 1 aromatic heterocycles. The molecule has 0 aliphatic rings. The number of methoxy groups -OCH3 is 1. The lowest BCUT2D eigenvalue weighted by atomic mass is 10.1. The van der Waals surface area contributed by atoms with E-state index in [1.807, 2.05) is 36.4 Å². The molecule has 0 fully saturated rings. The number of carboxylic acid groups (broad SMARTS) is 1. The molecule has 0 saturated carbocycles. The number of hydrogen-bond donors (Lipinski definition) is 2. The van der Waals surface area contributed by atoms with Crippen molar-refractivity contribution in [3.63, 3.8) is 0 Å². The van der Waals surface area contributed by atoms with Crippen LogP contribution >= 0.6 is 22.9 Å². The standard InChI is InChI=1S/C19H17ClN2O3S/c1-25-15-5-3-2-4-13(15)11-21-19-22-18(16(26-19)10-17(23)24)12-6-8-14(20)9-7-12/h2-9H,10-11H2,1H3,(H,21,22)(H,23,24). The van der Waals surface area contributed by atoms with Gasteiger partial charge < -0.3 is 15.2 Å². The number of nitrogens with one attached hydrogen (secondary N) is 1. The minimum absolute atomic E-state index is 0.0774. The SMILES string of the molecule is COc1ccccc1CNc1nc(-c2ccc(Cl)cc2)c(CC(=O)O)s1. The maximum Gasteiger partial charge on any atom is 0.308 e. The Labute approximate surface area is 160 Å². The Kier molecular flexibility index (Phi) is 5.75. The molecular weight excluding hydrogens is 372 g/mol. The van der Waals surface area contributed by atoms with Gasteiger partial charge in [-0.25, -0.2) is 4.98 Å².